The van der Waals surface area contributed by atoms with Crippen LogP contribution < -0.4 is 15.0 Å². The number of rotatable bonds is 6. The highest BCUT2D eigenvalue weighted by Crippen LogP contribution is 2.39. The molecular weight excluding hydrogens is 412 g/mol. The van der Waals surface area contributed by atoms with E-state index in [1.54, 1.807) is 23.0 Å². The lowest BCUT2D eigenvalue weighted by molar-refractivity contribution is 0.102. The van der Waals surface area contributed by atoms with Crippen molar-refractivity contribution < 1.29 is 19.7 Å². The highest BCUT2D eigenvalue weighted by Gasteiger charge is 2.28. The van der Waals surface area contributed by atoms with Crippen LogP contribution in [0.4, 0.5) is 11.4 Å². The number of ether oxygens (including phenoxy) is 1. The zero-order valence-corrected chi connectivity index (χ0v) is 17.6. The van der Waals surface area contributed by atoms with Gasteiger partial charge < -0.3 is 25.2 Å². The number of piperazine rings is 1. The van der Waals surface area contributed by atoms with Crippen LogP contribution in [-0.4, -0.2) is 87.7 Å². The highest BCUT2D eigenvalue weighted by atomic mass is 16.5. The molecule has 2 aliphatic rings. The summed E-state index contributed by atoms with van der Waals surface area (Å²) in [7, 11) is 0. The third-order valence-corrected chi connectivity index (χ3v) is 6.03. The largest absolute Gasteiger partial charge is 0.487 e. The number of carbonyl (C=O) groups excluding carboxylic acids is 1. The normalized spacial score (nSPS) is 18.6. The molecule has 32 heavy (non-hydrogen) atoms. The Morgan fingerprint density at radius 2 is 2.06 bits per heavy atom. The van der Waals surface area contributed by atoms with Crippen molar-refractivity contribution in [2.75, 3.05) is 56.2 Å². The molecule has 10 heteroatoms. The fourth-order valence-electron chi connectivity index (χ4n) is 4.34. The first-order valence-corrected chi connectivity index (χ1v) is 10.8. The Labute approximate surface area is 185 Å². The van der Waals surface area contributed by atoms with Crippen LogP contribution in [0.25, 0.3) is 5.65 Å². The molecule has 5 rings (SSSR count). The fourth-order valence-corrected chi connectivity index (χ4v) is 4.34. The van der Waals surface area contributed by atoms with E-state index in [1.165, 1.54) is 6.20 Å². The van der Waals surface area contributed by atoms with E-state index in [0.717, 1.165) is 43.2 Å². The zero-order chi connectivity index (χ0) is 22.1. The molecule has 0 aliphatic carbocycles. The molecule has 0 saturated carbocycles. The van der Waals surface area contributed by atoms with E-state index < -0.39 is 0 Å². The fraction of sp³-hybridized carbons (Fsp3) is 0.409. The number of nitrogens with zero attached hydrogens (tertiary/aromatic N) is 5. The second-order valence-corrected chi connectivity index (χ2v) is 8.06. The molecule has 1 unspecified atom stereocenters. The van der Waals surface area contributed by atoms with Crippen molar-refractivity contribution >= 4 is 22.9 Å². The molecule has 0 radical (unpaired) electrons. The van der Waals surface area contributed by atoms with Gasteiger partial charge in [0, 0.05) is 63.2 Å². The van der Waals surface area contributed by atoms with Crippen LogP contribution in [0, 0.1) is 0 Å². The quantitative estimate of drug-likeness (QED) is 0.506. The van der Waals surface area contributed by atoms with Gasteiger partial charge in [0.2, 0.25) is 0 Å². The van der Waals surface area contributed by atoms with Gasteiger partial charge in [0.15, 0.2) is 5.65 Å². The molecule has 1 aromatic carbocycles. The Hall–Kier alpha value is -3.21. The smallest absolute Gasteiger partial charge is 0.261 e. The van der Waals surface area contributed by atoms with E-state index in [-0.39, 0.29) is 25.2 Å². The summed E-state index contributed by atoms with van der Waals surface area (Å²) in [5.41, 5.74) is 3.42. The molecule has 2 aliphatic heterocycles. The van der Waals surface area contributed by atoms with Gasteiger partial charge >= 0.3 is 0 Å². The predicted molar refractivity (Wildman–Crippen MR) is 118 cm³/mol. The van der Waals surface area contributed by atoms with Crippen molar-refractivity contribution in [3.8, 4) is 5.75 Å². The molecule has 4 heterocycles. The van der Waals surface area contributed by atoms with Crippen molar-refractivity contribution in [2.45, 2.75) is 12.5 Å². The number of anilines is 2. The van der Waals surface area contributed by atoms with Crippen LogP contribution in [0.5, 0.6) is 5.75 Å². The molecule has 10 nitrogen and oxygen atoms in total. The van der Waals surface area contributed by atoms with E-state index in [2.05, 4.69) is 25.2 Å². The van der Waals surface area contributed by atoms with Crippen LogP contribution in [-0.2, 0) is 6.42 Å². The summed E-state index contributed by atoms with van der Waals surface area (Å²) in [6, 6.07) is 5.66. The van der Waals surface area contributed by atoms with E-state index in [1.807, 2.05) is 12.1 Å². The molecule has 1 amide bonds. The topological polar surface area (TPSA) is 115 Å². The van der Waals surface area contributed by atoms with Crippen molar-refractivity contribution in [1.29, 1.82) is 0 Å². The Morgan fingerprint density at radius 3 is 2.84 bits per heavy atom. The monoisotopic (exact) mass is 438 g/mol. The van der Waals surface area contributed by atoms with E-state index in [0.29, 0.717) is 29.9 Å². The van der Waals surface area contributed by atoms with Gasteiger partial charge in [-0.05, 0) is 12.1 Å². The van der Waals surface area contributed by atoms with Gasteiger partial charge in [0.1, 0.15) is 17.4 Å². The van der Waals surface area contributed by atoms with Crippen LogP contribution in [0.1, 0.15) is 15.9 Å². The van der Waals surface area contributed by atoms with Gasteiger partial charge in [-0.1, -0.05) is 0 Å². The molecule has 2 aromatic heterocycles. The molecular formula is C22H26N6O4. The number of fused-ring (bicyclic) bond motifs is 2. The number of aliphatic hydroxyl groups excluding tert-OH is 2. The number of hydrogen-bond donors (Lipinski definition) is 3. The summed E-state index contributed by atoms with van der Waals surface area (Å²) in [5.74, 6) is 0.462. The first kappa shape index (κ1) is 20.7. The lowest BCUT2D eigenvalue weighted by Crippen LogP contribution is -2.47. The molecule has 1 saturated heterocycles. The third kappa shape index (κ3) is 3.88. The molecule has 3 aromatic rings. The standard InChI is InChI=1S/C22H26N6O4/c29-9-8-26-4-6-27(7-5-26)19-12-20-15(10-16(14-30)32-20)11-18(19)25-22(31)17-13-24-28-3-1-2-23-21(17)28/h1-3,11-13,16,29-30H,4-10,14H2,(H,25,31). The first-order valence-electron chi connectivity index (χ1n) is 10.8. The second kappa shape index (κ2) is 8.73. The average molecular weight is 438 g/mol. The summed E-state index contributed by atoms with van der Waals surface area (Å²) < 4.78 is 7.45. The minimum Gasteiger partial charge on any atom is -0.487 e. The van der Waals surface area contributed by atoms with Gasteiger partial charge in [0.05, 0.1) is 30.8 Å². The number of benzene rings is 1. The number of nitrogens with one attached hydrogen (secondary N) is 1. The minimum atomic E-state index is -0.281. The summed E-state index contributed by atoms with van der Waals surface area (Å²) in [6.45, 7) is 3.92. The van der Waals surface area contributed by atoms with E-state index in [9.17, 15) is 15.0 Å². The number of carbonyl (C=O) groups is 1. The van der Waals surface area contributed by atoms with Gasteiger partial charge in [-0.2, -0.15) is 5.10 Å². The highest BCUT2D eigenvalue weighted by molar-refractivity contribution is 6.09. The lowest BCUT2D eigenvalue weighted by atomic mass is 10.1. The Balaban J connectivity index is 1.45. The Morgan fingerprint density at radius 1 is 1.22 bits per heavy atom. The molecule has 0 spiro atoms. The summed E-state index contributed by atoms with van der Waals surface area (Å²) in [5, 5.41) is 26.0. The van der Waals surface area contributed by atoms with Crippen molar-refractivity contribution in [3.05, 3.63) is 47.9 Å². The van der Waals surface area contributed by atoms with Crippen molar-refractivity contribution in [3.63, 3.8) is 0 Å². The maximum absolute atomic E-state index is 13.2. The molecule has 1 fully saturated rings. The van der Waals surface area contributed by atoms with Gasteiger partial charge in [-0.15, -0.1) is 0 Å². The van der Waals surface area contributed by atoms with Crippen molar-refractivity contribution in [2.24, 2.45) is 0 Å². The third-order valence-electron chi connectivity index (χ3n) is 6.03. The number of amides is 1. The maximum atomic E-state index is 13.2. The molecule has 1 atom stereocenters. The maximum Gasteiger partial charge on any atom is 0.261 e. The minimum absolute atomic E-state index is 0.0559. The number of β-amino-alcohol motifs (C(OH)–C–C–N with tert-alkyl or cyclic N) is 1. The second-order valence-electron chi connectivity index (χ2n) is 8.06. The lowest BCUT2D eigenvalue weighted by Gasteiger charge is -2.36. The summed E-state index contributed by atoms with van der Waals surface area (Å²) in [6.07, 6.45) is 5.22. The van der Waals surface area contributed by atoms with Crippen molar-refractivity contribution in [1.82, 2.24) is 19.5 Å². The van der Waals surface area contributed by atoms with Crippen LogP contribution >= 0.6 is 0 Å². The average Bonchev–Trinajstić information content (AvgIpc) is 3.43. The predicted octanol–water partition coefficient (Wildman–Crippen LogP) is 0.392. The van der Waals surface area contributed by atoms with Gasteiger partial charge in [0.25, 0.3) is 5.91 Å². The number of aromatic nitrogens is 3. The molecule has 0 bridgehead atoms. The van der Waals surface area contributed by atoms with Crippen LogP contribution in [0.15, 0.2) is 36.8 Å². The Kier molecular flexibility index (Phi) is 5.64. The van der Waals surface area contributed by atoms with E-state index >= 15 is 0 Å². The van der Waals surface area contributed by atoms with Crippen LogP contribution in [0.3, 0.4) is 0 Å². The molecule has 3 N–H and O–H groups in total. The van der Waals surface area contributed by atoms with E-state index in [4.69, 9.17) is 4.74 Å². The Bertz CT molecular complexity index is 1120. The summed E-state index contributed by atoms with van der Waals surface area (Å²) >= 11 is 0. The number of hydrogen-bond acceptors (Lipinski definition) is 8. The SMILES string of the molecule is O=C(Nc1cc2c(cc1N1CCN(CCO)CC1)OC(CO)C2)c1cnn2cccnc12. The number of aliphatic hydroxyl groups is 2. The van der Waals surface area contributed by atoms with Gasteiger partial charge in [-0.25, -0.2) is 9.50 Å². The van der Waals surface area contributed by atoms with Gasteiger partial charge in [-0.3, -0.25) is 9.69 Å². The zero-order valence-electron chi connectivity index (χ0n) is 17.6. The van der Waals surface area contributed by atoms with Crippen LogP contribution in [0.2, 0.25) is 0 Å². The molecule has 168 valence electrons. The summed E-state index contributed by atoms with van der Waals surface area (Å²) in [4.78, 5) is 21.9. The first-order chi connectivity index (χ1) is 15.7.